The Morgan fingerprint density at radius 1 is 1.39 bits per heavy atom. The van der Waals surface area contributed by atoms with E-state index >= 15 is 0 Å². The summed E-state index contributed by atoms with van der Waals surface area (Å²) in [5.41, 5.74) is 0.530. The summed E-state index contributed by atoms with van der Waals surface area (Å²) in [7, 11) is 0. The number of aliphatic hydroxyl groups excluding tert-OH is 2. The molecule has 1 atom stereocenters. The van der Waals surface area contributed by atoms with Crippen molar-refractivity contribution in [1.29, 1.82) is 0 Å². The van der Waals surface area contributed by atoms with Crippen LogP contribution in [-0.2, 0) is 6.61 Å². The molecule has 4 nitrogen and oxygen atoms in total. The fourth-order valence-electron chi connectivity index (χ4n) is 2.51. The molecule has 1 unspecified atom stereocenters. The fraction of sp³-hybridized carbons (Fsp3) is 0.615. The average molecular weight is 271 g/mol. The highest BCUT2D eigenvalue weighted by Crippen LogP contribution is 2.28. The highest BCUT2D eigenvalue weighted by Gasteiger charge is 2.25. The van der Waals surface area contributed by atoms with E-state index in [1.807, 2.05) is 6.07 Å². The van der Waals surface area contributed by atoms with Crippen LogP contribution in [0.3, 0.4) is 0 Å². The van der Waals surface area contributed by atoms with E-state index in [-0.39, 0.29) is 13.2 Å². The summed E-state index contributed by atoms with van der Waals surface area (Å²) < 4.78 is 0. The normalized spacial score (nSPS) is 19.5. The van der Waals surface area contributed by atoms with Gasteiger partial charge >= 0.3 is 0 Å². The van der Waals surface area contributed by atoms with E-state index in [1.54, 1.807) is 6.07 Å². The van der Waals surface area contributed by atoms with Gasteiger partial charge in [0, 0.05) is 19.2 Å². The predicted molar refractivity (Wildman–Crippen MR) is 71.9 cm³/mol. The molecule has 0 spiro atoms. The number of aromatic nitrogens is 1. The quantitative estimate of drug-likeness (QED) is 0.859. The summed E-state index contributed by atoms with van der Waals surface area (Å²) in [5.74, 6) is 0.879. The standard InChI is InChI=1S/C13H19ClN2O2/c14-11-5-6-13(15-12(11)9-18)16-7-1-3-10(16)4-2-8-17/h5-6,10,17-18H,1-4,7-9H2. The molecule has 1 aliphatic heterocycles. The third kappa shape index (κ3) is 2.94. The molecule has 2 N–H and O–H groups in total. The molecule has 1 aromatic heterocycles. The monoisotopic (exact) mass is 270 g/mol. The number of halogens is 1. The topological polar surface area (TPSA) is 56.6 Å². The number of aliphatic hydroxyl groups is 2. The molecule has 1 aliphatic rings. The van der Waals surface area contributed by atoms with E-state index in [2.05, 4.69) is 9.88 Å². The Bertz CT molecular complexity index is 401. The van der Waals surface area contributed by atoms with Crippen LogP contribution in [0, 0.1) is 0 Å². The summed E-state index contributed by atoms with van der Waals surface area (Å²) in [6.45, 7) is 1.08. The van der Waals surface area contributed by atoms with Crippen LogP contribution >= 0.6 is 11.6 Å². The predicted octanol–water partition coefficient (Wildman–Crippen LogP) is 1.97. The summed E-state index contributed by atoms with van der Waals surface area (Å²) in [4.78, 5) is 6.67. The van der Waals surface area contributed by atoms with Crippen molar-refractivity contribution in [1.82, 2.24) is 4.98 Å². The number of anilines is 1. The van der Waals surface area contributed by atoms with Crippen molar-refractivity contribution < 1.29 is 10.2 Å². The molecule has 0 amide bonds. The van der Waals surface area contributed by atoms with Crippen LogP contribution in [-0.4, -0.2) is 34.4 Å². The first-order valence-corrected chi connectivity index (χ1v) is 6.78. The van der Waals surface area contributed by atoms with Gasteiger partial charge in [0.2, 0.25) is 0 Å². The minimum Gasteiger partial charge on any atom is -0.396 e. The van der Waals surface area contributed by atoms with E-state index in [4.69, 9.17) is 16.7 Å². The molecule has 1 saturated heterocycles. The summed E-state index contributed by atoms with van der Waals surface area (Å²) in [6.07, 6.45) is 4.09. The molecule has 100 valence electrons. The van der Waals surface area contributed by atoms with Crippen LogP contribution in [0.4, 0.5) is 5.82 Å². The maximum absolute atomic E-state index is 9.19. The Morgan fingerprint density at radius 2 is 2.22 bits per heavy atom. The molecular formula is C13H19ClN2O2. The molecular weight excluding hydrogens is 252 g/mol. The molecule has 0 bridgehead atoms. The van der Waals surface area contributed by atoms with Crippen LogP contribution < -0.4 is 4.90 Å². The fourth-order valence-corrected chi connectivity index (χ4v) is 2.67. The molecule has 0 aromatic carbocycles. The third-order valence-corrected chi connectivity index (χ3v) is 3.76. The lowest BCUT2D eigenvalue weighted by atomic mass is 10.1. The lowest BCUT2D eigenvalue weighted by Gasteiger charge is -2.26. The van der Waals surface area contributed by atoms with Crippen LogP contribution in [0.1, 0.15) is 31.4 Å². The van der Waals surface area contributed by atoms with E-state index in [9.17, 15) is 5.11 Å². The van der Waals surface area contributed by atoms with E-state index in [1.165, 1.54) is 0 Å². The molecule has 0 saturated carbocycles. The second kappa shape index (κ2) is 6.36. The zero-order chi connectivity index (χ0) is 13.0. The van der Waals surface area contributed by atoms with Crippen molar-refractivity contribution >= 4 is 17.4 Å². The lowest BCUT2D eigenvalue weighted by Crippen LogP contribution is -2.30. The van der Waals surface area contributed by atoms with Gasteiger partial charge in [-0.05, 0) is 37.8 Å². The van der Waals surface area contributed by atoms with Gasteiger partial charge in [-0.1, -0.05) is 11.6 Å². The number of nitrogens with zero attached hydrogens (tertiary/aromatic N) is 2. The molecule has 2 rings (SSSR count). The van der Waals surface area contributed by atoms with Crippen LogP contribution in [0.25, 0.3) is 0 Å². The van der Waals surface area contributed by atoms with Gasteiger partial charge in [0.1, 0.15) is 5.82 Å². The molecule has 18 heavy (non-hydrogen) atoms. The van der Waals surface area contributed by atoms with Crippen LogP contribution in [0.5, 0.6) is 0 Å². The smallest absolute Gasteiger partial charge is 0.129 e. The van der Waals surface area contributed by atoms with Crippen LogP contribution in [0.15, 0.2) is 12.1 Å². The molecule has 5 heteroatoms. The number of hydrogen-bond acceptors (Lipinski definition) is 4. The molecule has 0 radical (unpaired) electrons. The van der Waals surface area contributed by atoms with Crippen molar-refractivity contribution in [3.05, 3.63) is 22.8 Å². The van der Waals surface area contributed by atoms with Crippen molar-refractivity contribution in [2.75, 3.05) is 18.1 Å². The van der Waals surface area contributed by atoms with Crippen molar-refractivity contribution in [2.24, 2.45) is 0 Å². The van der Waals surface area contributed by atoms with Gasteiger partial charge in [-0.3, -0.25) is 0 Å². The van der Waals surface area contributed by atoms with E-state index < -0.39 is 0 Å². The Morgan fingerprint density at radius 3 is 2.94 bits per heavy atom. The lowest BCUT2D eigenvalue weighted by molar-refractivity contribution is 0.276. The number of pyridine rings is 1. The van der Waals surface area contributed by atoms with Crippen LogP contribution in [0.2, 0.25) is 5.02 Å². The zero-order valence-electron chi connectivity index (χ0n) is 10.3. The Labute approximate surface area is 112 Å². The minimum absolute atomic E-state index is 0.137. The molecule has 2 heterocycles. The number of rotatable bonds is 5. The van der Waals surface area contributed by atoms with Gasteiger partial charge in [-0.2, -0.15) is 0 Å². The van der Waals surface area contributed by atoms with Gasteiger partial charge in [-0.25, -0.2) is 4.98 Å². The average Bonchev–Trinajstić information content (AvgIpc) is 2.85. The highest BCUT2D eigenvalue weighted by molar-refractivity contribution is 6.31. The summed E-state index contributed by atoms with van der Waals surface area (Å²) in [6, 6.07) is 4.13. The van der Waals surface area contributed by atoms with Crippen molar-refractivity contribution in [3.8, 4) is 0 Å². The van der Waals surface area contributed by atoms with E-state index in [0.717, 1.165) is 38.0 Å². The first kappa shape index (κ1) is 13.6. The first-order chi connectivity index (χ1) is 8.76. The first-order valence-electron chi connectivity index (χ1n) is 6.40. The zero-order valence-corrected chi connectivity index (χ0v) is 11.1. The summed E-state index contributed by atoms with van der Waals surface area (Å²) in [5, 5.41) is 18.6. The maximum atomic E-state index is 9.19. The Balaban J connectivity index is 2.14. The Hall–Kier alpha value is -0.840. The van der Waals surface area contributed by atoms with Gasteiger partial charge in [0.15, 0.2) is 0 Å². The molecule has 1 aromatic rings. The second-order valence-electron chi connectivity index (χ2n) is 4.61. The van der Waals surface area contributed by atoms with Gasteiger partial charge in [-0.15, -0.1) is 0 Å². The number of hydrogen-bond donors (Lipinski definition) is 2. The van der Waals surface area contributed by atoms with Gasteiger partial charge in [0.25, 0.3) is 0 Å². The Kier molecular flexibility index (Phi) is 4.80. The molecule has 1 fully saturated rings. The third-order valence-electron chi connectivity index (χ3n) is 3.42. The van der Waals surface area contributed by atoms with Crippen molar-refractivity contribution in [2.45, 2.75) is 38.3 Å². The second-order valence-corrected chi connectivity index (χ2v) is 5.02. The largest absolute Gasteiger partial charge is 0.396 e. The van der Waals surface area contributed by atoms with Gasteiger partial charge in [0.05, 0.1) is 17.3 Å². The molecule has 0 aliphatic carbocycles. The van der Waals surface area contributed by atoms with Gasteiger partial charge < -0.3 is 15.1 Å². The summed E-state index contributed by atoms with van der Waals surface area (Å²) >= 11 is 5.95. The van der Waals surface area contributed by atoms with E-state index in [0.29, 0.717) is 16.8 Å². The maximum Gasteiger partial charge on any atom is 0.129 e. The van der Waals surface area contributed by atoms with Crippen molar-refractivity contribution in [3.63, 3.8) is 0 Å². The highest BCUT2D eigenvalue weighted by atomic mass is 35.5. The minimum atomic E-state index is -0.137. The SMILES string of the molecule is OCCCC1CCCN1c1ccc(Cl)c(CO)n1.